The fourth-order valence-electron chi connectivity index (χ4n) is 1.29. The molecule has 2 heterocycles. The van der Waals surface area contributed by atoms with Crippen molar-refractivity contribution in [3.05, 3.63) is 34.6 Å². The molecule has 0 N–H and O–H groups in total. The predicted molar refractivity (Wildman–Crippen MR) is 54.3 cm³/mol. The van der Waals surface area contributed by atoms with Crippen molar-refractivity contribution >= 4 is 22.5 Å². The van der Waals surface area contributed by atoms with Crippen LogP contribution in [-0.2, 0) is 12.9 Å². The summed E-state index contributed by atoms with van der Waals surface area (Å²) in [5.41, 5.74) is 0.499. The number of rotatable bonds is 1. The van der Waals surface area contributed by atoms with Crippen molar-refractivity contribution < 1.29 is 0 Å². The highest BCUT2D eigenvalue weighted by atomic mass is 35.5. The molecule has 0 fully saturated rings. The van der Waals surface area contributed by atoms with E-state index in [0.29, 0.717) is 16.7 Å². The van der Waals surface area contributed by atoms with Crippen molar-refractivity contribution in [2.24, 2.45) is 7.05 Å². The lowest BCUT2D eigenvalue weighted by Gasteiger charge is -2.05. The molecule has 0 radical (unpaired) electrons. The summed E-state index contributed by atoms with van der Waals surface area (Å²) in [6.45, 7) is 0. The lowest BCUT2D eigenvalue weighted by atomic mass is 10.3. The van der Waals surface area contributed by atoms with Crippen LogP contribution in [0.25, 0.3) is 10.9 Å². The first-order valence-corrected chi connectivity index (χ1v) is 4.63. The molecule has 72 valence electrons. The minimum absolute atomic E-state index is 0.0898. The second-order valence-electron chi connectivity index (χ2n) is 2.92. The van der Waals surface area contributed by atoms with E-state index in [2.05, 4.69) is 9.97 Å². The van der Waals surface area contributed by atoms with E-state index in [1.165, 1.54) is 4.57 Å². The molecule has 0 saturated heterocycles. The van der Waals surface area contributed by atoms with E-state index in [-0.39, 0.29) is 11.4 Å². The van der Waals surface area contributed by atoms with E-state index in [1.54, 1.807) is 25.5 Å². The summed E-state index contributed by atoms with van der Waals surface area (Å²) >= 11 is 5.66. The summed E-state index contributed by atoms with van der Waals surface area (Å²) in [5, 5.41) is 0.566. The van der Waals surface area contributed by atoms with Gasteiger partial charge in [-0.2, -0.15) is 0 Å². The molecule has 0 aliphatic rings. The standard InChI is InChI=1S/C9H8ClN3O/c1-13-8(4-10)12-7-5-11-3-2-6(7)9(13)14/h2-3,5H,4H2,1H3. The molecule has 0 bridgehead atoms. The highest BCUT2D eigenvalue weighted by Gasteiger charge is 2.06. The zero-order chi connectivity index (χ0) is 10.1. The summed E-state index contributed by atoms with van der Waals surface area (Å²) in [6.07, 6.45) is 3.14. The van der Waals surface area contributed by atoms with E-state index in [0.717, 1.165) is 0 Å². The first-order valence-electron chi connectivity index (χ1n) is 4.09. The topological polar surface area (TPSA) is 47.8 Å². The monoisotopic (exact) mass is 209 g/mol. The minimum atomic E-state index is -0.0898. The number of halogens is 1. The number of fused-ring (bicyclic) bond motifs is 1. The molecule has 2 rings (SSSR count). The summed E-state index contributed by atoms with van der Waals surface area (Å²) in [5.74, 6) is 0.772. The van der Waals surface area contributed by atoms with E-state index >= 15 is 0 Å². The summed E-state index contributed by atoms with van der Waals surface area (Å²) in [7, 11) is 1.66. The summed E-state index contributed by atoms with van der Waals surface area (Å²) in [6, 6.07) is 1.66. The van der Waals surface area contributed by atoms with Crippen LogP contribution in [0, 0.1) is 0 Å². The molecule has 5 heteroatoms. The normalized spacial score (nSPS) is 10.7. The lowest BCUT2D eigenvalue weighted by molar-refractivity contribution is 0.782. The number of alkyl halides is 1. The molecule has 2 aromatic heterocycles. The molecule has 0 aliphatic carbocycles. The first-order chi connectivity index (χ1) is 6.74. The van der Waals surface area contributed by atoms with Crippen molar-refractivity contribution in [2.45, 2.75) is 5.88 Å². The van der Waals surface area contributed by atoms with Crippen LogP contribution in [0.4, 0.5) is 0 Å². The van der Waals surface area contributed by atoms with E-state index in [1.807, 2.05) is 0 Å². The molecule has 0 aliphatic heterocycles. The molecule has 0 amide bonds. The Morgan fingerprint density at radius 1 is 1.57 bits per heavy atom. The van der Waals surface area contributed by atoms with Crippen LogP contribution in [0.2, 0.25) is 0 Å². The summed E-state index contributed by atoms with van der Waals surface area (Å²) in [4.78, 5) is 19.9. The molecule has 2 aromatic rings. The van der Waals surface area contributed by atoms with Crippen molar-refractivity contribution in [3.8, 4) is 0 Å². The number of nitrogens with zero attached hydrogens (tertiary/aromatic N) is 3. The van der Waals surface area contributed by atoms with Gasteiger partial charge in [0.05, 0.1) is 23.0 Å². The lowest BCUT2D eigenvalue weighted by Crippen LogP contribution is -2.21. The molecular weight excluding hydrogens is 202 g/mol. The maximum Gasteiger partial charge on any atom is 0.261 e. The van der Waals surface area contributed by atoms with Gasteiger partial charge in [0, 0.05) is 13.2 Å². The Morgan fingerprint density at radius 3 is 3.07 bits per heavy atom. The van der Waals surface area contributed by atoms with Crippen molar-refractivity contribution in [3.63, 3.8) is 0 Å². The van der Waals surface area contributed by atoms with Crippen LogP contribution in [0.3, 0.4) is 0 Å². The van der Waals surface area contributed by atoms with E-state index in [9.17, 15) is 4.79 Å². The van der Waals surface area contributed by atoms with Gasteiger partial charge in [0.25, 0.3) is 5.56 Å². The molecule has 0 unspecified atom stereocenters. The van der Waals surface area contributed by atoms with Gasteiger partial charge in [-0.05, 0) is 6.07 Å². The molecule has 0 spiro atoms. The van der Waals surface area contributed by atoms with Crippen LogP contribution >= 0.6 is 11.6 Å². The van der Waals surface area contributed by atoms with E-state index < -0.39 is 0 Å². The molecule has 0 saturated carbocycles. The number of hydrogen-bond donors (Lipinski definition) is 0. The van der Waals surface area contributed by atoms with Gasteiger partial charge in [0.15, 0.2) is 0 Å². The number of pyridine rings is 1. The Balaban J connectivity index is 2.92. The molecule has 4 nitrogen and oxygen atoms in total. The SMILES string of the molecule is Cn1c(CCl)nc2cnccc2c1=O. The van der Waals surface area contributed by atoms with Gasteiger partial charge >= 0.3 is 0 Å². The predicted octanol–water partition coefficient (Wildman–Crippen LogP) is 1.07. The Kier molecular flexibility index (Phi) is 2.21. The molecular formula is C9H8ClN3O. The summed E-state index contributed by atoms with van der Waals surface area (Å²) < 4.78 is 1.45. The number of aromatic nitrogens is 3. The Bertz CT molecular complexity index is 535. The van der Waals surface area contributed by atoms with Gasteiger partial charge in [-0.3, -0.25) is 14.3 Å². The third-order valence-electron chi connectivity index (χ3n) is 2.09. The quantitative estimate of drug-likeness (QED) is 0.660. The van der Waals surface area contributed by atoms with Gasteiger partial charge < -0.3 is 0 Å². The van der Waals surface area contributed by atoms with Gasteiger partial charge in [-0.15, -0.1) is 11.6 Å². The van der Waals surface area contributed by atoms with E-state index in [4.69, 9.17) is 11.6 Å². The van der Waals surface area contributed by atoms with Crippen LogP contribution in [0.1, 0.15) is 5.82 Å². The highest BCUT2D eigenvalue weighted by molar-refractivity contribution is 6.16. The van der Waals surface area contributed by atoms with Crippen LogP contribution in [0.5, 0.6) is 0 Å². The maximum absolute atomic E-state index is 11.7. The van der Waals surface area contributed by atoms with Gasteiger partial charge in [-0.1, -0.05) is 0 Å². The highest BCUT2D eigenvalue weighted by Crippen LogP contribution is 2.06. The Labute approximate surface area is 85.2 Å². The molecule has 14 heavy (non-hydrogen) atoms. The fourth-order valence-corrected chi connectivity index (χ4v) is 1.53. The Hall–Kier alpha value is -1.42. The third-order valence-corrected chi connectivity index (χ3v) is 2.33. The van der Waals surface area contributed by atoms with Gasteiger partial charge in [-0.25, -0.2) is 4.98 Å². The second-order valence-corrected chi connectivity index (χ2v) is 3.19. The molecule has 0 atom stereocenters. The van der Waals surface area contributed by atoms with Gasteiger partial charge in [0.1, 0.15) is 5.82 Å². The minimum Gasteiger partial charge on any atom is -0.298 e. The van der Waals surface area contributed by atoms with Crippen LogP contribution < -0.4 is 5.56 Å². The third kappa shape index (κ3) is 1.28. The smallest absolute Gasteiger partial charge is 0.261 e. The first kappa shape index (κ1) is 9.15. The average molecular weight is 210 g/mol. The Morgan fingerprint density at radius 2 is 2.36 bits per heavy atom. The fraction of sp³-hybridized carbons (Fsp3) is 0.222. The van der Waals surface area contributed by atoms with Crippen LogP contribution in [-0.4, -0.2) is 14.5 Å². The van der Waals surface area contributed by atoms with Crippen molar-refractivity contribution in [1.82, 2.24) is 14.5 Å². The second kappa shape index (κ2) is 3.38. The van der Waals surface area contributed by atoms with Gasteiger partial charge in [0.2, 0.25) is 0 Å². The molecule has 0 aromatic carbocycles. The average Bonchev–Trinajstić information content (AvgIpc) is 2.23. The zero-order valence-electron chi connectivity index (χ0n) is 7.57. The van der Waals surface area contributed by atoms with Crippen molar-refractivity contribution in [2.75, 3.05) is 0 Å². The zero-order valence-corrected chi connectivity index (χ0v) is 8.32. The largest absolute Gasteiger partial charge is 0.298 e. The van der Waals surface area contributed by atoms with Crippen LogP contribution in [0.15, 0.2) is 23.3 Å². The van der Waals surface area contributed by atoms with Crippen molar-refractivity contribution in [1.29, 1.82) is 0 Å². The number of hydrogen-bond acceptors (Lipinski definition) is 3. The maximum atomic E-state index is 11.7.